The number of aromatic nitrogens is 2. The second-order valence-electron chi connectivity index (χ2n) is 3.24. The largest absolute Gasteiger partial charge is 0.384 e. The molecule has 1 atom stereocenters. The molecular weight excluding hydrogens is 252 g/mol. The van der Waals surface area contributed by atoms with Crippen LogP contribution in [0.4, 0.5) is 5.82 Å². The first kappa shape index (κ1) is 13.5. The highest BCUT2D eigenvalue weighted by atomic mass is 32.2. The lowest BCUT2D eigenvalue weighted by Gasteiger charge is -2.12. The van der Waals surface area contributed by atoms with Gasteiger partial charge in [0, 0.05) is 13.5 Å². The molecule has 1 heterocycles. The third-order valence-electron chi connectivity index (χ3n) is 2.09. The van der Waals surface area contributed by atoms with Crippen LogP contribution in [0.5, 0.6) is 0 Å². The molecule has 1 rings (SSSR count). The molecule has 0 fully saturated rings. The van der Waals surface area contributed by atoms with Gasteiger partial charge in [-0.15, -0.1) is 0 Å². The topological polar surface area (TPSA) is 130 Å². The Morgan fingerprint density at radius 3 is 2.82 bits per heavy atom. The van der Waals surface area contributed by atoms with Crippen LogP contribution in [0, 0.1) is 10.1 Å². The predicted octanol–water partition coefficient (Wildman–Crippen LogP) is -0.385. The van der Waals surface area contributed by atoms with E-state index in [0.717, 1.165) is 17.1 Å². The van der Waals surface area contributed by atoms with Gasteiger partial charge >= 0.3 is 5.82 Å². The summed E-state index contributed by atoms with van der Waals surface area (Å²) in [5, 5.41) is 14.4. The fourth-order valence-electron chi connectivity index (χ4n) is 1.34. The second kappa shape index (κ2) is 5.21. The molecule has 0 aliphatic rings. The molecule has 0 bridgehead atoms. The van der Waals surface area contributed by atoms with E-state index in [2.05, 4.69) is 4.98 Å². The first-order valence-corrected chi connectivity index (χ1v) is 6.15. The lowest BCUT2D eigenvalue weighted by atomic mass is 10.4. The van der Waals surface area contributed by atoms with E-state index in [1.807, 2.05) is 0 Å². The quantitative estimate of drug-likeness (QED) is 0.550. The van der Waals surface area contributed by atoms with E-state index in [4.69, 9.17) is 9.88 Å². The molecule has 0 saturated heterocycles. The minimum absolute atomic E-state index is 0.00648. The van der Waals surface area contributed by atoms with E-state index < -0.39 is 26.1 Å². The summed E-state index contributed by atoms with van der Waals surface area (Å²) in [5.41, 5.74) is 0. The third kappa shape index (κ3) is 3.22. The molecule has 1 aromatic heterocycles. The van der Waals surface area contributed by atoms with E-state index >= 15 is 0 Å². The second-order valence-corrected chi connectivity index (χ2v) is 4.96. The number of nitrogens with two attached hydrogens (primary N) is 1. The number of methoxy groups -OCH3 is 1. The molecule has 96 valence electrons. The van der Waals surface area contributed by atoms with Crippen molar-refractivity contribution in [3.05, 3.63) is 22.6 Å². The van der Waals surface area contributed by atoms with Crippen molar-refractivity contribution in [2.24, 2.45) is 5.14 Å². The number of primary sulfonamides is 1. The summed E-state index contributed by atoms with van der Waals surface area (Å²) in [5.74, 6) is -0.430. The molecule has 9 nitrogen and oxygen atoms in total. The van der Waals surface area contributed by atoms with Gasteiger partial charge in [0.15, 0.2) is 6.33 Å². The number of sulfonamides is 1. The maximum absolute atomic E-state index is 11.4. The van der Waals surface area contributed by atoms with E-state index in [9.17, 15) is 18.5 Å². The molecule has 1 aromatic rings. The van der Waals surface area contributed by atoms with Crippen molar-refractivity contribution in [3.63, 3.8) is 0 Å². The lowest BCUT2D eigenvalue weighted by molar-refractivity contribution is -0.392. The van der Waals surface area contributed by atoms with Crippen LogP contribution < -0.4 is 5.14 Å². The van der Waals surface area contributed by atoms with Crippen molar-refractivity contribution in [2.75, 3.05) is 13.7 Å². The number of ether oxygens (including phenoxy) is 1. The summed E-state index contributed by atoms with van der Waals surface area (Å²) in [7, 11) is -2.59. The van der Waals surface area contributed by atoms with Gasteiger partial charge in [-0.3, -0.25) is 0 Å². The Bertz CT molecular complexity index is 496. The maximum Gasteiger partial charge on any atom is 0.343 e. The number of hydrogen-bond acceptors (Lipinski definition) is 6. The Morgan fingerprint density at radius 2 is 2.35 bits per heavy atom. The first-order chi connectivity index (χ1) is 7.88. The number of imidazole rings is 1. The predicted molar refractivity (Wildman–Crippen MR) is 57.5 cm³/mol. The highest BCUT2D eigenvalue weighted by molar-refractivity contribution is 7.89. The third-order valence-corrected chi connectivity index (χ3v) is 3.31. The molecule has 0 aliphatic carbocycles. The van der Waals surface area contributed by atoms with Crippen LogP contribution in [0.2, 0.25) is 0 Å². The summed E-state index contributed by atoms with van der Waals surface area (Å²) in [6.45, 7) is 0.108. The van der Waals surface area contributed by atoms with Crippen molar-refractivity contribution >= 4 is 15.8 Å². The standard InChI is InChI=1S/C7H12N4O5S/c1-16-3-2-7(17(8,14)15)10-5-9-4-6(10)11(12)13/h4-5,7H,2-3H2,1H3,(H2,8,14,15). The molecule has 1 unspecified atom stereocenters. The Hall–Kier alpha value is -1.52. The summed E-state index contributed by atoms with van der Waals surface area (Å²) >= 11 is 0. The van der Waals surface area contributed by atoms with Gasteiger partial charge < -0.3 is 14.9 Å². The van der Waals surface area contributed by atoms with Crippen molar-refractivity contribution < 1.29 is 18.1 Å². The number of nitro groups is 1. The first-order valence-electron chi connectivity index (χ1n) is 4.54. The fraction of sp³-hybridized carbons (Fsp3) is 0.571. The van der Waals surface area contributed by atoms with Gasteiger partial charge in [-0.25, -0.2) is 18.5 Å². The summed E-state index contributed by atoms with van der Waals surface area (Å²) < 4.78 is 28.4. The van der Waals surface area contributed by atoms with Gasteiger partial charge in [-0.05, 0) is 4.92 Å². The van der Waals surface area contributed by atoms with Gasteiger partial charge in [0.25, 0.3) is 10.0 Å². The van der Waals surface area contributed by atoms with E-state index in [0.29, 0.717) is 0 Å². The molecule has 0 aliphatic heterocycles. The zero-order valence-electron chi connectivity index (χ0n) is 9.01. The van der Waals surface area contributed by atoms with Gasteiger partial charge in [-0.1, -0.05) is 0 Å². The highest BCUT2D eigenvalue weighted by Gasteiger charge is 2.31. The van der Waals surface area contributed by atoms with Crippen LogP contribution in [0.3, 0.4) is 0 Å². The molecule has 0 aromatic carbocycles. The highest BCUT2D eigenvalue weighted by Crippen LogP contribution is 2.23. The Labute approximate surface area is 97.4 Å². The minimum Gasteiger partial charge on any atom is -0.384 e. The molecule has 2 N–H and O–H groups in total. The summed E-state index contributed by atoms with van der Waals surface area (Å²) in [4.78, 5) is 13.5. The zero-order valence-corrected chi connectivity index (χ0v) is 9.83. The van der Waals surface area contributed by atoms with Gasteiger partial charge in [0.1, 0.15) is 6.20 Å². The molecule has 0 amide bonds. The van der Waals surface area contributed by atoms with Crippen LogP contribution in [-0.2, 0) is 14.8 Å². The fourth-order valence-corrected chi connectivity index (χ4v) is 2.25. The van der Waals surface area contributed by atoms with E-state index in [1.54, 1.807) is 0 Å². The molecule has 0 radical (unpaired) electrons. The van der Waals surface area contributed by atoms with Crippen molar-refractivity contribution in [1.82, 2.24) is 9.55 Å². The molecule has 0 saturated carbocycles. The van der Waals surface area contributed by atoms with Crippen LogP contribution >= 0.6 is 0 Å². The summed E-state index contributed by atoms with van der Waals surface area (Å²) in [6.07, 6.45) is 2.03. The molecule has 10 heteroatoms. The molecular formula is C7H12N4O5S. The Balaban J connectivity index is 3.13. The number of hydrogen-bond donors (Lipinski definition) is 1. The van der Waals surface area contributed by atoms with Crippen molar-refractivity contribution in [1.29, 1.82) is 0 Å². The SMILES string of the molecule is COCCC(n1cncc1[N+](=O)[O-])S(N)(=O)=O. The lowest BCUT2D eigenvalue weighted by Crippen LogP contribution is -2.28. The van der Waals surface area contributed by atoms with Crippen LogP contribution in [0.15, 0.2) is 12.5 Å². The van der Waals surface area contributed by atoms with Crippen molar-refractivity contribution in [3.8, 4) is 0 Å². The maximum atomic E-state index is 11.4. The minimum atomic E-state index is -3.98. The van der Waals surface area contributed by atoms with E-state index in [1.165, 1.54) is 7.11 Å². The molecule has 17 heavy (non-hydrogen) atoms. The van der Waals surface area contributed by atoms with Gasteiger partial charge in [0.05, 0.1) is 6.61 Å². The monoisotopic (exact) mass is 264 g/mol. The van der Waals surface area contributed by atoms with Crippen LogP contribution in [0.25, 0.3) is 0 Å². The average Bonchev–Trinajstić information content (AvgIpc) is 2.65. The van der Waals surface area contributed by atoms with Gasteiger partial charge in [0.2, 0.25) is 5.37 Å². The average molecular weight is 264 g/mol. The number of nitrogens with zero attached hydrogens (tertiary/aromatic N) is 3. The van der Waals surface area contributed by atoms with Crippen LogP contribution in [-0.4, -0.2) is 36.6 Å². The van der Waals surface area contributed by atoms with Crippen LogP contribution in [0.1, 0.15) is 11.8 Å². The van der Waals surface area contributed by atoms with E-state index in [-0.39, 0.29) is 13.0 Å². The number of rotatable bonds is 6. The Kier molecular flexibility index (Phi) is 4.15. The normalized spacial score (nSPS) is 13.5. The smallest absolute Gasteiger partial charge is 0.343 e. The van der Waals surface area contributed by atoms with Gasteiger partial charge in [-0.2, -0.15) is 4.57 Å². The van der Waals surface area contributed by atoms with Crippen molar-refractivity contribution in [2.45, 2.75) is 11.8 Å². The summed E-state index contributed by atoms with van der Waals surface area (Å²) in [6, 6.07) is 0. The zero-order chi connectivity index (χ0) is 13.1. The molecule has 0 spiro atoms. The Morgan fingerprint density at radius 1 is 1.71 bits per heavy atom.